The van der Waals surface area contributed by atoms with E-state index in [9.17, 15) is 0 Å². The number of fused-ring (bicyclic) bond motifs is 2. The summed E-state index contributed by atoms with van der Waals surface area (Å²) in [4.78, 5) is 0. The first-order valence-electron chi connectivity index (χ1n) is 7.78. The molecule has 2 heteroatoms. The van der Waals surface area contributed by atoms with Crippen LogP contribution < -0.4 is 5.32 Å². The molecule has 0 amide bonds. The largest absolute Gasteiger partial charge is 0.375 e. The summed E-state index contributed by atoms with van der Waals surface area (Å²) in [6.45, 7) is 2.44. The van der Waals surface area contributed by atoms with E-state index < -0.39 is 0 Å². The standard InChI is InChI=1S/C15H27NO/c1-2-4-12(5-3-1)8-9-16-11-13-10-14-6-7-15(13)17-14/h12-16H,1-11H2. The van der Waals surface area contributed by atoms with Gasteiger partial charge in [-0.2, -0.15) is 0 Å². The highest BCUT2D eigenvalue weighted by Crippen LogP contribution is 2.38. The first-order chi connectivity index (χ1) is 8.42. The molecule has 1 N–H and O–H groups in total. The summed E-state index contributed by atoms with van der Waals surface area (Å²) in [5.74, 6) is 1.84. The molecule has 0 aromatic rings. The Hall–Kier alpha value is -0.0800. The third-order valence-electron chi connectivity index (χ3n) is 5.09. The van der Waals surface area contributed by atoms with Gasteiger partial charge in [-0.15, -0.1) is 0 Å². The normalized spacial score (nSPS) is 37.8. The molecule has 2 saturated heterocycles. The Morgan fingerprint density at radius 1 is 1.00 bits per heavy atom. The molecule has 0 aromatic carbocycles. The minimum atomic E-state index is 0.599. The van der Waals surface area contributed by atoms with Gasteiger partial charge in [0.25, 0.3) is 0 Å². The summed E-state index contributed by atoms with van der Waals surface area (Å²) in [6, 6.07) is 0. The Bertz CT molecular complexity index is 237. The van der Waals surface area contributed by atoms with Gasteiger partial charge in [-0.25, -0.2) is 0 Å². The Kier molecular flexibility index (Phi) is 4.02. The van der Waals surface area contributed by atoms with Crippen LogP contribution in [0.5, 0.6) is 0 Å². The number of nitrogens with one attached hydrogen (secondary N) is 1. The highest BCUT2D eigenvalue weighted by Gasteiger charge is 2.40. The molecular weight excluding hydrogens is 210 g/mol. The van der Waals surface area contributed by atoms with Crippen LogP contribution in [0.1, 0.15) is 57.8 Å². The Morgan fingerprint density at radius 3 is 2.59 bits per heavy atom. The fourth-order valence-electron chi connectivity index (χ4n) is 4.03. The third kappa shape index (κ3) is 3.03. The van der Waals surface area contributed by atoms with E-state index in [1.54, 1.807) is 0 Å². The summed E-state index contributed by atoms with van der Waals surface area (Å²) in [5.41, 5.74) is 0. The fourth-order valence-corrected chi connectivity index (χ4v) is 4.03. The van der Waals surface area contributed by atoms with Gasteiger partial charge in [0, 0.05) is 12.5 Å². The minimum absolute atomic E-state index is 0.599. The lowest BCUT2D eigenvalue weighted by Crippen LogP contribution is -2.30. The molecule has 3 rings (SSSR count). The van der Waals surface area contributed by atoms with Crippen LogP contribution in [0.4, 0.5) is 0 Å². The number of rotatable bonds is 5. The van der Waals surface area contributed by atoms with Crippen LogP contribution >= 0.6 is 0 Å². The molecule has 2 aliphatic heterocycles. The van der Waals surface area contributed by atoms with Gasteiger partial charge in [0.15, 0.2) is 0 Å². The zero-order valence-electron chi connectivity index (χ0n) is 11.0. The van der Waals surface area contributed by atoms with E-state index in [1.807, 2.05) is 0 Å². The minimum Gasteiger partial charge on any atom is -0.375 e. The van der Waals surface area contributed by atoms with Crippen LogP contribution in [-0.4, -0.2) is 25.3 Å². The molecule has 2 nitrogen and oxygen atoms in total. The average Bonchev–Trinajstić information content (AvgIpc) is 2.98. The van der Waals surface area contributed by atoms with Crippen molar-refractivity contribution >= 4 is 0 Å². The molecule has 0 spiro atoms. The average molecular weight is 237 g/mol. The number of ether oxygens (including phenoxy) is 1. The van der Waals surface area contributed by atoms with E-state index >= 15 is 0 Å². The van der Waals surface area contributed by atoms with Crippen molar-refractivity contribution in [3.8, 4) is 0 Å². The lowest BCUT2D eigenvalue weighted by molar-refractivity contribution is 0.0923. The molecule has 2 bridgehead atoms. The highest BCUT2D eigenvalue weighted by atomic mass is 16.5. The molecule has 3 atom stereocenters. The highest BCUT2D eigenvalue weighted by molar-refractivity contribution is 4.90. The van der Waals surface area contributed by atoms with Crippen molar-refractivity contribution in [3.05, 3.63) is 0 Å². The van der Waals surface area contributed by atoms with Crippen molar-refractivity contribution in [2.45, 2.75) is 70.0 Å². The van der Waals surface area contributed by atoms with Crippen LogP contribution in [0.2, 0.25) is 0 Å². The third-order valence-corrected chi connectivity index (χ3v) is 5.09. The summed E-state index contributed by atoms with van der Waals surface area (Å²) in [6.07, 6.45) is 14.0. The lowest BCUT2D eigenvalue weighted by Gasteiger charge is -2.23. The molecule has 0 radical (unpaired) electrons. The zero-order valence-corrected chi connectivity index (χ0v) is 11.0. The van der Waals surface area contributed by atoms with Gasteiger partial charge in [-0.3, -0.25) is 0 Å². The van der Waals surface area contributed by atoms with Crippen LogP contribution in [0.3, 0.4) is 0 Å². The lowest BCUT2D eigenvalue weighted by atomic mass is 9.86. The van der Waals surface area contributed by atoms with Crippen molar-refractivity contribution in [2.75, 3.05) is 13.1 Å². The van der Waals surface area contributed by atoms with Crippen molar-refractivity contribution in [3.63, 3.8) is 0 Å². The molecule has 1 saturated carbocycles. The molecule has 3 unspecified atom stereocenters. The summed E-state index contributed by atoms with van der Waals surface area (Å²) < 4.78 is 5.89. The molecule has 17 heavy (non-hydrogen) atoms. The van der Waals surface area contributed by atoms with Crippen molar-refractivity contribution in [1.29, 1.82) is 0 Å². The van der Waals surface area contributed by atoms with Crippen molar-refractivity contribution in [1.82, 2.24) is 5.32 Å². The van der Waals surface area contributed by atoms with Gasteiger partial charge in [0.05, 0.1) is 12.2 Å². The van der Waals surface area contributed by atoms with Gasteiger partial charge >= 0.3 is 0 Å². The Morgan fingerprint density at radius 2 is 1.88 bits per heavy atom. The molecule has 3 aliphatic rings. The maximum Gasteiger partial charge on any atom is 0.0621 e. The van der Waals surface area contributed by atoms with E-state index in [4.69, 9.17) is 4.74 Å². The van der Waals surface area contributed by atoms with E-state index in [0.717, 1.165) is 11.8 Å². The maximum atomic E-state index is 5.89. The number of hydrogen-bond acceptors (Lipinski definition) is 2. The molecule has 2 heterocycles. The van der Waals surface area contributed by atoms with Crippen LogP contribution in [0.15, 0.2) is 0 Å². The SMILES string of the molecule is C1CCC(CCNCC2CC3CCC2O3)CC1. The van der Waals surface area contributed by atoms with Gasteiger partial charge in [-0.05, 0) is 38.1 Å². The van der Waals surface area contributed by atoms with Crippen LogP contribution in [0, 0.1) is 11.8 Å². The zero-order chi connectivity index (χ0) is 11.5. The van der Waals surface area contributed by atoms with Crippen molar-refractivity contribution in [2.24, 2.45) is 11.8 Å². The fraction of sp³-hybridized carbons (Fsp3) is 1.00. The van der Waals surface area contributed by atoms with E-state index in [-0.39, 0.29) is 0 Å². The summed E-state index contributed by atoms with van der Waals surface area (Å²) >= 11 is 0. The van der Waals surface area contributed by atoms with Crippen LogP contribution in [0.25, 0.3) is 0 Å². The smallest absolute Gasteiger partial charge is 0.0621 e. The number of hydrogen-bond donors (Lipinski definition) is 1. The van der Waals surface area contributed by atoms with E-state index in [2.05, 4.69) is 5.32 Å². The molecular formula is C15H27NO. The van der Waals surface area contributed by atoms with Crippen molar-refractivity contribution < 1.29 is 4.74 Å². The summed E-state index contributed by atoms with van der Waals surface area (Å²) in [5, 5.41) is 3.68. The molecule has 3 fully saturated rings. The predicted octanol–water partition coefficient (Wildman–Crippen LogP) is 3.11. The van der Waals surface area contributed by atoms with E-state index in [0.29, 0.717) is 12.2 Å². The van der Waals surface area contributed by atoms with E-state index in [1.165, 1.54) is 70.9 Å². The second-order valence-electron chi connectivity index (χ2n) is 6.37. The quantitative estimate of drug-likeness (QED) is 0.742. The van der Waals surface area contributed by atoms with Gasteiger partial charge in [-0.1, -0.05) is 32.1 Å². The topological polar surface area (TPSA) is 21.3 Å². The van der Waals surface area contributed by atoms with Gasteiger partial charge in [0.2, 0.25) is 0 Å². The summed E-state index contributed by atoms with van der Waals surface area (Å²) in [7, 11) is 0. The monoisotopic (exact) mass is 237 g/mol. The first-order valence-corrected chi connectivity index (χ1v) is 7.78. The molecule has 0 aromatic heterocycles. The first kappa shape index (κ1) is 12.0. The second kappa shape index (κ2) is 5.71. The van der Waals surface area contributed by atoms with Gasteiger partial charge in [0.1, 0.15) is 0 Å². The Labute approximate surface area is 105 Å². The molecule has 98 valence electrons. The predicted molar refractivity (Wildman–Crippen MR) is 70.1 cm³/mol. The van der Waals surface area contributed by atoms with Crippen LogP contribution in [-0.2, 0) is 4.74 Å². The maximum absolute atomic E-state index is 5.89. The second-order valence-corrected chi connectivity index (χ2v) is 6.37. The van der Waals surface area contributed by atoms with Gasteiger partial charge < -0.3 is 10.1 Å². The Balaban J connectivity index is 1.28. The molecule has 1 aliphatic carbocycles.